The zero-order chi connectivity index (χ0) is 19.3. The molecule has 1 aliphatic heterocycles. The van der Waals surface area contributed by atoms with Gasteiger partial charge in [-0.05, 0) is 42.0 Å². The molecule has 0 radical (unpaired) electrons. The van der Waals surface area contributed by atoms with Gasteiger partial charge in [-0.1, -0.05) is 6.07 Å². The number of benzene rings is 1. The molecule has 6 heteroatoms. The molecule has 0 unspecified atom stereocenters. The van der Waals surface area contributed by atoms with Crippen molar-refractivity contribution < 1.29 is 9.13 Å². The Balaban J connectivity index is 1.45. The van der Waals surface area contributed by atoms with Crippen molar-refractivity contribution in [2.75, 3.05) is 38.2 Å². The molecule has 28 heavy (non-hydrogen) atoms. The molecule has 3 heterocycles. The number of methoxy groups -OCH3 is 1. The third kappa shape index (κ3) is 4.12. The number of rotatable bonds is 5. The summed E-state index contributed by atoms with van der Waals surface area (Å²) in [4.78, 5) is 13.1. The highest BCUT2D eigenvalue weighted by Gasteiger charge is 2.18. The lowest BCUT2D eigenvalue weighted by molar-refractivity contribution is 0.250. The standard InChI is InChI=1S/C22H23FN4O/c1-28-22-5-2-17(14-20(22)21-4-3-18(23)15-25-21)16-26-10-12-27(13-11-26)19-6-8-24-9-7-19/h2-9,14-15H,10-13,16H2,1H3. The van der Waals surface area contributed by atoms with Gasteiger partial charge in [-0.3, -0.25) is 14.9 Å². The summed E-state index contributed by atoms with van der Waals surface area (Å²) in [6.07, 6.45) is 4.91. The Hall–Kier alpha value is -2.99. The minimum Gasteiger partial charge on any atom is -0.496 e. The van der Waals surface area contributed by atoms with Gasteiger partial charge < -0.3 is 9.64 Å². The van der Waals surface area contributed by atoms with E-state index in [-0.39, 0.29) is 5.82 Å². The average molecular weight is 378 g/mol. The van der Waals surface area contributed by atoms with Gasteiger partial charge in [0.15, 0.2) is 0 Å². The minimum atomic E-state index is -0.342. The summed E-state index contributed by atoms with van der Waals surface area (Å²) in [5, 5.41) is 0. The van der Waals surface area contributed by atoms with Gasteiger partial charge in [0.2, 0.25) is 0 Å². The van der Waals surface area contributed by atoms with Crippen molar-refractivity contribution in [2.24, 2.45) is 0 Å². The number of hydrogen-bond acceptors (Lipinski definition) is 5. The summed E-state index contributed by atoms with van der Waals surface area (Å²) in [6.45, 7) is 4.85. The van der Waals surface area contributed by atoms with Crippen molar-refractivity contribution in [1.82, 2.24) is 14.9 Å². The monoisotopic (exact) mass is 378 g/mol. The van der Waals surface area contributed by atoms with Crippen LogP contribution in [0, 0.1) is 5.82 Å². The topological polar surface area (TPSA) is 41.5 Å². The van der Waals surface area contributed by atoms with Crippen LogP contribution in [0.15, 0.2) is 61.1 Å². The zero-order valence-corrected chi connectivity index (χ0v) is 15.9. The molecule has 3 aromatic rings. The number of nitrogens with zero attached hydrogens (tertiary/aromatic N) is 4. The van der Waals surface area contributed by atoms with Crippen molar-refractivity contribution in [3.05, 3.63) is 72.4 Å². The van der Waals surface area contributed by atoms with Crippen LogP contribution in [0.2, 0.25) is 0 Å². The summed E-state index contributed by atoms with van der Waals surface area (Å²) in [5.41, 5.74) is 4.01. The summed E-state index contributed by atoms with van der Waals surface area (Å²) in [6, 6.07) is 13.4. The molecule has 0 atom stereocenters. The molecule has 144 valence electrons. The number of anilines is 1. The molecule has 2 aromatic heterocycles. The molecular formula is C22H23FN4O. The molecule has 0 aliphatic carbocycles. The van der Waals surface area contributed by atoms with E-state index in [4.69, 9.17) is 4.74 Å². The van der Waals surface area contributed by atoms with Gasteiger partial charge in [-0.15, -0.1) is 0 Å². The van der Waals surface area contributed by atoms with Crippen molar-refractivity contribution in [2.45, 2.75) is 6.54 Å². The van der Waals surface area contributed by atoms with Crippen molar-refractivity contribution in [3.63, 3.8) is 0 Å². The molecule has 5 nitrogen and oxygen atoms in total. The SMILES string of the molecule is COc1ccc(CN2CCN(c3ccncc3)CC2)cc1-c1ccc(F)cn1. The quantitative estimate of drug-likeness (QED) is 0.678. The largest absolute Gasteiger partial charge is 0.496 e. The van der Waals surface area contributed by atoms with Gasteiger partial charge >= 0.3 is 0 Å². The second-order valence-electron chi connectivity index (χ2n) is 6.86. The summed E-state index contributed by atoms with van der Waals surface area (Å²) in [7, 11) is 1.64. The minimum absolute atomic E-state index is 0.342. The molecule has 1 saturated heterocycles. The van der Waals surface area contributed by atoms with E-state index in [0.29, 0.717) is 5.69 Å². The maximum Gasteiger partial charge on any atom is 0.141 e. The summed E-state index contributed by atoms with van der Waals surface area (Å²) in [5.74, 6) is 0.399. The predicted molar refractivity (Wildman–Crippen MR) is 108 cm³/mol. The predicted octanol–water partition coefficient (Wildman–Crippen LogP) is 3.61. The van der Waals surface area contributed by atoms with Crippen molar-refractivity contribution >= 4 is 5.69 Å². The number of ether oxygens (including phenoxy) is 1. The van der Waals surface area contributed by atoms with Crippen LogP contribution in [0.25, 0.3) is 11.3 Å². The number of aromatic nitrogens is 2. The van der Waals surface area contributed by atoms with E-state index >= 15 is 0 Å². The zero-order valence-electron chi connectivity index (χ0n) is 15.9. The highest BCUT2D eigenvalue weighted by Crippen LogP contribution is 2.30. The maximum absolute atomic E-state index is 13.2. The molecule has 4 rings (SSSR count). The molecule has 0 bridgehead atoms. The molecule has 0 spiro atoms. The Labute approximate surface area is 164 Å². The molecule has 0 N–H and O–H groups in total. The fourth-order valence-corrected chi connectivity index (χ4v) is 3.57. The second kappa shape index (κ2) is 8.35. The normalized spacial score (nSPS) is 14.9. The van der Waals surface area contributed by atoms with Crippen LogP contribution < -0.4 is 9.64 Å². The van der Waals surface area contributed by atoms with Crippen LogP contribution in [0.5, 0.6) is 5.75 Å². The van der Waals surface area contributed by atoms with Gasteiger partial charge in [-0.2, -0.15) is 0 Å². The van der Waals surface area contributed by atoms with Crippen LogP contribution in [-0.4, -0.2) is 48.2 Å². The van der Waals surface area contributed by atoms with Gasteiger partial charge in [0.25, 0.3) is 0 Å². The Morgan fingerprint density at radius 2 is 1.79 bits per heavy atom. The highest BCUT2D eigenvalue weighted by molar-refractivity contribution is 5.68. The molecule has 0 saturated carbocycles. The van der Waals surface area contributed by atoms with E-state index in [9.17, 15) is 4.39 Å². The Morgan fingerprint density at radius 3 is 2.46 bits per heavy atom. The Bertz CT molecular complexity index is 910. The average Bonchev–Trinajstić information content (AvgIpc) is 2.75. The molecule has 0 amide bonds. The van der Waals surface area contributed by atoms with E-state index in [1.54, 1.807) is 13.2 Å². The number of piperazine rings is 1. The fraction of sp³-hybridized carbons (Fsp3) is 0.273. The van der Waals surface area contributed by atoms with Crippen LogP contribution in [-0.2, 0) is 6.54 Å². The van der Waals surface area contributed by atoms with E-state index in [1.165, 1.54) is 23.5 Å². The molecule has 1 fully saturated rings. The first-order valence-corrected chi connectivity index (χ1v) is 9.39. The third-order valence-corrected chi connectivity index (χ3v) is 5.07. The second-order valence-corrected chi connectivity index (χ2v) is 6.86. The van der Waals surface area contributed by atoms with Crippen molar-refractivity contribution in [3.8, 4) is 17.0 Å². The fourth-order valence-electron chi connectivity index (χ4n) is 3.57. The maximum atomic E-state index is 13.2. The first kappa shape index (κ1) is 18.4. The lowest BCUT2D eigenvalue weighted by Crippen LogP contribution is -2.45. The highest BCUT2D eigenvalue weighted by atomic mass is 19.1. The molecule has 1 aliphatic rings. The van der Waals surface area contributed by atoms with E-state index < -0.39 is 0 Å². The summed E-state index contributed by atoms with van der Waals surface area (Å²) >= 11 is 0. The lowest BCUT2D eigenvalue weighted by Gasteiger charge is -2.36. The Morgan fingerprint density at radius 1 is 1.00 bits per heavy atom. The van der Waals surface area contributed by atoms with Crippen LogP contribution in [0.4, 0.5) is 10.1 Å². The molecule has 1 aromatic carbocycles. The van der Waals surface area contributed by atoms with Gasteiger partial charge in [0.1, 0.15) is 11.6 Å². The van der Waals surface area contributed by atoms with Crippen LogP contribution in [0.3, 0.4) is 0 Å². The number of hydrogen-bond donors (Lipinski definition) is 0. The Kier molecular flexibility index (Phi) is 5.48. The van der Waals surface area contributed by atoms with Crippen LogP contribution >= 0.6 is 0 Å². The third-order valence-electron chi connectivity index (χ3n) is 5.07. The van der Waals surface area contributed by atoms with Crippen LogP contribution in [0.1, 0.15) is 5.56 Å². The first-order valence-electron chi connectivity index (χ1n) is 9.39. The lowest BCUT2D eigenvalue weighted by atomic mass is 10.1. The van der Waals surface area contributed by atoms with Gasteiger partial charge in [0, 0.05) is 56.4 Å². The van der Waals surface area contributed by atoms with Gasteiger partial charge in [0.05, 0.1) is 19.0 Å². The number of halogens is 1. The van der Waals surface area contributed by atoms with E-state index in [1.807, 2.05) is 18.5 Å². The van der Waals surface area contributed by atoms with E-state index in [2.05, 4.69) is 44.0 Å². The van der Waals surface area contributed by atoms with Crippen molar-refractivity contribution in [1.29, 1.82) is 0 Å². The molecular weight excluding hydrogens is 355 g/mol. The van der Waals surface area contributed by atoms with E-state index in [0.717, 1.165) is 44.0 Å². The first-order chi connectivity index (χ1) is 13.7. The van der Waals surface area contributed by atoms with Gasteiger partial charge in [-0.25, -0.2) is 4.39 Å². The smallest absolute Gasteiger partial charge is 0.141 e. The number of pyridine rings is 2. The summed E-state index contributed by atoms with van der Waals surface area (Å²) < 4.78 is 18.7.